The van der Waals surface area contributed by atoms with Gasteiger partial charge in [-0.15, -0.1) is 0 Å². The van der Waals surface area contributed by atoms with Crippen molar-refractivity contribution in [1.82, 2.24) is 10.2 Å². The fourth-order valence-corrected chi connectivity index (χ4v) is 4.73. The molecular formula is C24H28N2O3. The Labute approximate surface area is 172 Å². The largest absolute Gasteiger partial charge is 0.497 e. The topological polar surface area (TPSA) is 58.6 Å². The van der Waals surface area contributed by atoms with Crippen molar-refractivity contribution in [3.8, 4) is 5.75 Å². The van der Waals surface area contributed by atoms with Gasteiger partial charge in [-0.1, -0.05) is 43.2 Å². The van der Waals surface area contributed by atoms with Crippen molar-refractivity contribution in [1.29, 1.82) is 0 Å². The molecule has 2 amide bonds. The van der Waals surface area contributed by atoms with Crippen molar-refractivity contribution in [3.63, 3.8) is 0 Å². The van der Waals surface area contributed by atoms with Gasteiger partial charge in [-0.25, -0.2) is 0 Å². The minimum atomic E-state index is -0.882. The maximum absolute atomic E-state index is 13.4. The van der Waals surface area contributed by atoms with E-state index in [2.05, 4.69) is 5.32 Å². The molecule has 29 heavy (non-hydrogen) atoms. The number of carbonyl (C=O) groups is 2. The van der Waals surface area contributed by atoms with Crippen LogP contribution in [0, 0.1) is 0 Å². The van der Waals surface area contributed by atoms with Crippen molar-refractivity contribution >= 4 is 11.8 Å². The van der Waals surface area contributed by atoms with Crippen LogP contribution in [0.4, 0.5) is 0 Å². The first-order valence-electron chi connectivity index (χ1n) is 10.4. The van der Waals surface area contributed by atoms with Crippen molar-refractivity contribution in [2.75, 3.05) is 7.11 Å². The average molecular weight is 392 g/mol. The molecule has 2 aliphatic rings. The quantitative estimate of drug-likeness (QED) is 0.844. The van der Waals surface area contributed by atoms with Crippen molar-refractivity contribution < 1.29 is 14.3 Å². The zero-order valence-corrected chi connectivity index (χ0v) is 17.1. The van der Waals surface area contributed by atoms with Crippen LogP contribution in [0.5, 0.6) is 5.75 Å². The number of hydrogen-bond donors (Lipinski definition) is 1. The van der Waals surface area contributed by atoms with E-state index in [9.17, 15) is 9.59 Å². The second-order valence-electron chi connectivity index (χ2n) is 8.25. The molecule has 0 spiro atoms. The number of nitrogens with zero attached hydrogens (tertiary/aromatic N) is 1. The number of fused-ring (bicyclic) bond motifs is 1. The molecule has 1 atom stereocenters. The SMILES string of the molecule is COc1ccc(CNC(=O)[C@]2(C)Cc3ccccc3C(=O)N2C2CCCC2)cc1. The molecule has 4 rings (SSSR count). The van der Waals surface area contributed by atoms with E-state index in [0.29, 0.717) is 13.0 Å². The van der Waals surface area contributed by atoms with Gasteiger partial charge in [0.25, 0.3) is 5.91 Å². The van der Waals surface area contributed by atoms with E-state index in [-0.39, 0.29) is 17.9 Å². The summed E-state index contributed by atoms with van der Waals surface area (Å²) >= 11 is 0. The summed E-state index contributed by atoms with van der Waals surface area (Å²) in [6.45, 7) is 2.34. The normalized spacial score (nSPS) is 21.7. The second-order valence-corrected chi connectivity index (χ2v) is 8.25. The predicted octanol–water partition coefficient (Wildman–Crippen LogP) is 3.71. The number of ether oxygens (including phenoxy) is 1. The number of nitrogens with one attached hydrogen (secondary N) is 1. The molecule has 1 heterocycles. The van der Waals surface area contributed by atoms with E-state index in [1.165, 1.54) is 0 Å². The van der Waals surface area contributed by atoms with Crippen LogP contribution < -0.4 is 10.1 Å². The zero-order chi connectivity index (χ0) is 20.4. The Bertz CT molecular complexity index is 903. The molecule has 1 aliphatic carbocycles. The molecule has 0 aromatic heterocycles. The summed E-state index contributed by atoms with van der Waals surface area (Å²) < 4.78 is 5.19. The Morgan fingerprint density at radius 2 is 1.83 bits per heavy atom. The second kappa shape index (κ2) is 7.90. The van der Waals surface area contributed by atoms with Gasteiger partial charge in [0.1, 0.15) is 11.3 Å². The molecule has 0 radical (unpaired) electrons. The fourth-order valence-electron chi connectivity index (χ4n) is 4.73. The zero-order valence-electron chi connectivity index (χ0n) is 17.1. The van der Waals surface area contributed by atoms with E-state index in [1.807, 2.05) is 60.4 Å². The Morgan fingerprint density at radius 3 is 2.52 bits per heavy atom. The lowest BCUT2D eigenvalue weighted by Crippen LogP contribution is -2.64. The molecule has 1 saturated carbocycles. The van der Waals surface area contributed by atoms with E-state index in [0.717, 1.165) is 48.1 Å². The third-order valence-corrected chi connectivity index (χ3v) is 6.32. The molecule has 0 saturated heterocycles. The first-order valence-corrected chi connectivity index (χ1v) is 10.4. The number of amides is 2. The van der Waals surface area contributed by atoms with Gasteiger partial charge >= 0.3 is 0 Å². The summed E-state index contributed by atoms with van der Waals surface area (Å²) in [5.41, 5.74) is 1.80. The molecule has 5 nitrogen and oxygen atoms in total. The van der Waals surface area contributed by atoms with Crippen molar-refractivity contribution in [3.05, 3.63) is 65.2 Å². The molecule has 1 N–H and O–H groups in total. The molecule has 2 aromatic carbocycles. The van der Waals surface area contributed by atoms with Crippen LogP contribution >= 0.6 is 0 Å². The summed E-state index contributed by atoms with van der Waals surface area (Å²) in [5.74, 6) is 0.679. The number of hydrogen-bond acceptors (Lipinski definition) is 3. The fraction of sp³-hybridized carbons (Fsp3) is 0.417. The van der Waals surface area contributed by atoms with Gasteiger partial charge in [0.05, 0.1) is 7.11 Å². The molecule has 2 aromatic rings. The van der Waals surface area contributed by atoms with Crippen molar-refractivity contribution in [2.45, 2.75) is 57.2 Å². The molecular weight excluding hydrogens is 364 g/mol. The number of benzene rings is 2. The highest BCUT2D eigenvalue weighted by Crippen LogP contribution is 2.37. The Hall–Kier alpha value is -2.82. The van der Waals surface area contributed by atoms with E-state index in [4.69, 9.17) is 4.74 Å². The number of rotatable bonds is 5. The molecule has 0 bridgehead atoms. The highest BCUT2D eigenvalue weighted by atomic mass is 16.5. The lowest BCUT2D eigenvalue weighted by atomic mass is 9.81. The van der Waals surface area contributed by atoms with Gasteiger partial charge in [0.2, 0.25) is 5.91 Å². The molecule has 0 unspecified atom stereocenters. The molecule has 5 heteroatoms. The van der Waals surface area contributed by atoms with Gasteiger partial charge in [-0.3, -0.25) is 9.59 Å². The third-order valence-electron chi connectivity index (χ3n) is 6.32. The van der Waals surface area contributed by atoms with Gasteiger partial charge in [0.15, 0.2) is 0 Å². The van der Waals surface area contributed by atoms with Crippen LogP contribution in [0.15, 0.2) is 48.5 Å². The third kappa shape index (κ3) is 3.61. The lowest BCUT2D eigenvalue weighted by Gasteiger charge is -2.47. The Kier molecular flexibility index (Phi) is 5.31. The van der Waals surface area contributed by atoms with Gasteiger partial charge in [-0.05, 0) is 49.1 Å². The highest BCUT2D eigenvalue weighted by Gasteiger charge is 2.49. The van der Waals surface area contributed by atoms with Crippen LogP contribution in [0.25, 0.3) is 0 Å². The smallest absolute Gasteiger partial charge is 0.255 e. The summed E-state index contributed by atoms with van der Waals surface area (Å²) in [5, 5.41) is 3.08. The van der Waals surface area contributed by atoms with Gasteiger partial charge < -0.3 is 15.0 Å². The Morgan fingerprint density at radius 1 is 1.14 bits per heavy atom. The minimum absolute atomic E-state index is 0.0131. The maximum Gasteiger partial charge on any atom is 0.255 e. The maximum atomic E-state index is 13.4. The standard InChI is InChI=1S/C24H28N2O3/c1-24(23(28)25-16-17-11-13-20(29-2)14-12-17)15-18-7-3-6-10-21(18)22(27)26(24)19-8-4-5-9-19/h3,6-7,10-14,19H,4-5,8-9,15-16H2,1-2H3,(H,25,28)/t24-/m0/s1. The first kappa shape index (κ1) is 19.5. The van der Waals surface area contributed by atoms with E-state index in [1.54, 1.807) is 7.11 Å². The monoisotopic (exact) mass is 392 g/mol. The first-order chi connectivity index (χ1) is 14.0. The van der Waals surface area contributed by atoms with E-state index < -0.39 is 5.54 Å². The van der Waals surface area contributed by atoms with Crippen LogP contribution in [-0.4, -0.2) is 35.4 Å². The molecule has 152 valence electrons. The summed E-state index contributed by atoms with van der Waals surface area (Å²) in [6.07, 6.45) is 4.70. The summed E-state index contributed by atoms with van der Waals surface area (Å²) in [4.78, 5) is 28.7. The molecule has 1 fully saturated rings. The van der Waals surface area contributed by atoms with Gasteiger partial charge in [0, 0.05) is 24.6 Å². The number of carbonyl (C=O) groups excluding carboxylic acids is 2. The highest BCUT2D eigenvalue weighted by molar-refractivity contribution is 6.02. The lowest BCUT2D eigenvalue weighted by molar-refractivity contribution is -0.133. The summed E-state index contributed by atoms with van der Waals surface area (Å²) in [6, 6.07) is 15.5. The predicted molar refractivity (Wildman–Crippen MR) is 112 cm³/mol. The molecule has 1 aliphatic heterocycles. The van der Waals surface area contributed by atoms with Crippen LogP contribution in [0.3, 0.4) is 0 Å². The summed E-state index contributed by atoms with van der Waals surface area (Å²) in [7, 11) is 1.63. The van der Waals surface area contributed by atoms with Crippen LogP contribution in [0.2, 0.25) is 0 Å². The van der Waals surface area contributed by atoms with Crippen LogP contribution in [0.1, 0.15) is 54.1 Å². The van der Waals surface area contributed by atoms with Gasteiger partial charge in [-0.2, -0.15) is 0 Å². The average Bonchev–Trinajstić information content (AvgIpc) is 3.26. The van der Waals surface area contributed by atoms with E-state index >= 15 is 0 Å². The number of methoxy groups -OCH3 is 1. The minimum Gasteiger partial charge on any atom is -0.497 e. The Balaban J connectivity index is 1.59. The van der Waals surface area contributed by atoms with Crippen molar-refractivity contribution in [2.24, 2.45) is 0 Å². The van der Waals surface area contributed by atoms with Crippen LogP contribution in [-0.2, 0) is 17.8 Å².